The van der Waals surface area contributed by atoms with Crippen LogP contribution in [0.15, 0.2) is 0 Å². The van der Waals surface area contributed by atoms with Crippen molar-refractivity contribution < 1.29 is 56.2 Å². The van der Waals surface area contributed by atoms with E-state index in [1.807, 2.05) is 6.41 Å². The zero-order valence-corrected chi connectivity index (χ0v) is 12.2. The van der Waals surface area contributed by atoms with Gasteiger partial charge in [-0.05, 0) is 20.4 Å². The standard InChI is InChI=1S/C9H17N2O.K/c1-4-10-5-8(2)11(7-12)9(3)6-10;/h8-9H,4-6H2,1-3H3;/q-1;+1. The third kappa shape index (κ3) is 3.61. The summed E-state index contributed by atoms with van der Waals surface area (Å²) >= 11 is 0. The van der Waals surface area contributed by atoms with E-state index in [1.54, 1.807) is 4.90 Å². The minimum absolute atomic E-state index is 0. The van der Waals surface area contributed by atoms with Crippen LogP contribution in [-0.2, 0) is 4.79 Å². The third-order valence-electron chi connectivity index (χ3n) is 2.55. The van der Waals surface area contributed by atoms with Gasteiger partial charge in [0, 0.05) is 25.2 Å². The molecule has 0 spiro atoms. The van der Waals surface area contributed by atoms with E-state index in [0.29, 0.717) is 12.1 Å². The van der Waals surface area contributed by atoms with Gasteiger partial charge in [-0.1, -0.05) is 6.92 Å². The van der Waals surface area contributed by atoms with Gasteiger partial charge in [0.05, 0.1) is 0 Å². The fourth-order valence-electron chi connectivity index (χ4n) is 1.87. The summed E-state index contributed by atoms with van der Waals surface area (Å²) < 4.78 is 0. The molecule has 0 N–H and O–H groups in total. The first-order valence-electron chi connectivity index (χ1n) is 4.57. The van der Waals surface area contributed by atoms with Crippen molar-refractivity contribution in [2.24, 2.45) is 0 Å². The molecule has 0 aromatic carbocycles. The van der Waals surface area contributed by atoms with E-state index in [0.717, 1.165) is 19.6 Å². The average Bonchev–Trinajstić information content (AvgIpc) is 2.03. The molecule has 1 heterocycles. The van der Waals surface area contributed by atoms with Crippen LogP contribution in [0.4, 0.5) is 0 Å². The van der Waals surface area contributed by atoms with Crippen molar-refractivity contribution >= 4 is 6.41 Å². The van der Waals surface area contributed by atoms with E-state index >= 15 is 0 Å². The number of carbonyl (C=O) groups excluding carboxylic acids is 1. The van der Waals surface area contributed by atoms with Gasteiger partial charge in [0.1, 0.15) is 0 Å². The summed E-state index contributed by atoms with van der Waals surface area (Å²) in [5.74, 6) is 0. The topological polar surface area (TPSA) is 23.6 Å². The summed E-state index contributed by atoms with van der Waals surface area (Å²) in [5.41, 5.74) is 0. The number of piperazine rings is 1. The maximum atomic E-state index is 10.6. The number of hydrogen-bond acceptors (Lipinski definition) is 2. The van der Waals surface area contributed by atoms with Gasteiger partial charge in [-0.2, -0.15) is 6.41 Å². The van der Waals surface area contributed by atoms with Gasteiger partial charge in [0.25, 0.3) is 0 Å². The number of likely N-dealkylation sites (N-methyl/N-ethyl adjacent to an activating group) is 1. The molecule has 1 amide bonds. The summed E-state index contributed by atoms with van der Waals surface area (Å²) in [6, 6.07) is 0.623. The van der Waals surface area contributed by atoms with Crippen LogP contribution >= 0.6 is 0 Å². The largest absolute Gasteiger partial charge is 1.00 e. The van der Waals surface area contributed by atoms with Crippen molar-refractivity contribution in [2.45, 2.75) is 32.9 Å². The predicted octanol–water partition coefficient (Wildman–Crippen LogP) is -2.53. The summed E-state index contributed by atoms with van der Waals surface area (Å²) in [7, 11) is 0. The van der Waals surface area contributed by atoms with Crippen LogP contribution in [0.2, 0.25) is 0 Å². The van der Waals surface area contributed by atoms with Crippen molar-refractivity contribution in [2.75, 3.05) is 19.6 Å². The van der Waals surface area contributed by atoms with Gasteiger partial charge in [0.2, 0.25) is 0 Å². The maximum Gasteiger partial charge on any atom is 1.00 e. The summed E-state index contributed by atoms with van der Waals surface area (Å²) in [5, 5.41) is 0. The second-order valence-electron chi connectivity index (χ2n) is 3.55. The molecule has 1 aliphatic rings. The molecule has 1 saturated heterocycles. The van der Waals surface area contributed by atoms with E-state index in [-0.39, 0.29) is 51.4 Å². The van der Waals surface area contributed by atoms with Gasteiger partial charge in [-0.25, -0.2) is 0 Å². The fraction of sp³-hybridized carbons (Fsp3) is 0.889. The second-order valence-corrected chi connectivity index (χ2v) is 3.55. The smallest absolute Gasteiger partial charge is 0.520 e. The zero-order chi connectivity index (χ0) is 9.14. The van der Waals surface area contributed by atoms with Crippen molar-refractivity contribution in [3.05, 3.63) is 0 Å². The van der Waals surface area contributed by atoms with E-state index in [4.69, 9.17) is 0 Å². The summed E-state index contributed by atoms with van der Waals surface area (Å²) in [4.78, 5) is 14.7. The molecule has 2 unspecified atom stereocenters. The normalized spacial score (nSPS) is 29.6. The first kappa shape index (κ1) is 14.1. The number of rotatable bonds is 2. The minimum atomic E-state index is 0. The average molecular weight is 208 g/mol. The maximum absolute atomic E-state index is 10.6. The Hall–Kier alpha value is 1.07. The van der Waals surface area contributed by atoms with Gasteiger partial charge in [0.15, 0.2) is 0 Å². The van der Waals surface area contributed by atoms with E-state index < -0.39 is 0 Å². The molecular formula is C9H17KN2O. The first-order chi connectivity index (χ1) is 5.69. The number of hydrogen-bond donors (Lipinski definition) is 0. The van der Waals surface area contributed by atoms with Crippen LogP contribution < -0.4 is 51.4 Å². The molecule has 1 rings (SSSR count). The quantitative estimate of drug-likeness (QED) is 0.369. The molecular weight excluding hydrogens is 191 g/mol. The minimum Gasteiger partial charge on any atom is -0.520 e. The van der Waals surface area contributed by atoms with Crippen molar-refractivity contribution in [3.63, 3.8) is 0 Å². The Morgan fingerprint density at radius 3 is 2.08 bits per heavy atom. The van der Waals surface area contributed by atoms with Gasteiger partial charge >= 0.3 is 51.4 Å². The molecule has 0 saturated carbocycles. The molecule has 1 aliphatic heterocycles. The second kappa shape index (κ2) is 6.53. The van der Waals surface area contributed by atoms with Crippen molar-refractivity contribution in [1.29, 1.82) is 0 Å². The SMILES string of the molecule is CCN1CC(C)N([C-]=O)C(C)C1.[K+]. The monoisotopic (exact) mass is 208 g/mol. The van der Waals surface area contributed by atoms with Crippen LogP contribution in [0.5, 0.6) is 0 Å². The number of nitrogens with zero attached hydrogens (tertiary/aromatic N) is 2. The van der Waals surface area contributed by atoms with Crippen LogP contribution in [0, 0.1) is 0 Å². The Morgan fingerprint density at radius 1 is 1.31 bits per heavy atom. The zero-order valence-electron chi connectivity index (χ0n) is 9.08. The fourth-order valence-corrected chi connectivity index (χ4v) is 1.87. The van der Waals surface area contributed by atoms with E-state index in [1.165, 1.54) is 0 Å². The number of amides is 1. The molecule has 70 valence electrons. The Kier molecular flexibility index (Phi) is 7.07. The molecule has 0 aliphatic carbocycles. The van der Waals surface area contributed by atoms with E-state index in [2.05, 4.69) is 25.7 Å². The third-order valence-corrected chi connectivity index (χ3v) is 2.55. The molecule has 13 heavy (non-hydrogen) atoms. The molecule has 0 radical (unpaired) electrons. The Morgan fingerprint density at radius 2 is 1.77 bits per heavy atom. The molecule has 0 bridgehead atoms. The Bertz CT molecular complexity index is 154. The molecule has 2 atom stereocenters. The van der Waals surface area contributed by atoms with Crippen LogP contribution in [0.25, 0.3) is 0 Å². The Labute approximate surface area is 123 Å². The Balaban J connectivity index is 0.00000144. The molecule has 0 aromatic heterocycles. The van der Waals surface area contributed by atoms with Gasteiger partial charge in [-0.15, -0.1) is 0 Å². The van der Waals surface area contributed by atoms with Gasteiger partial charge < -0.3 is 9.69 Å². The van der Waals surface area contributed by atoms with Crippen LogP contribution in [-0.4, -0.2) is 47.9 Å². The summed E-state index contributed by atoms with van der Waals surface area (Å²) in [6.07, 6.45) is 2.00. The van der Waals surface area contributed by atoms with E-state index in [9.17, 15) is 4.79 Å². The van der Waals surface area contributed by atoms with Crippen molar-refractivity contribution in [3.8, 4) is 0 Å². The van der Waals surface area contributed by atoms with Crippen LogP contribution in [0.1, 0.15) is 20.8 Å². The molecule has 1 fully saturated rings. The van der Waals surface area contributed by atoms with Crippen LogP contribution in [0.3, 0.4) is 0 Å². The predicted molar refractivity (Wildman–Crippen MR) is 48.6 cm³/mol. The molecule has 3 nitrogen and oxygen atoms in total. The summed E-state index contributed by atoms with van der Waals surface area (Å²) in [6.45, 7) is 9.33. The first-order valence-corrected chi connectivity index (χ1v) is 4.57. The van der Waals surface area contributed by atoms with Gasteiger partial charge in [-0.3, -0.25) is 4.90 Å². The molecule has 0 aromatic rings. The molecule has 4 heteroatoms. The van der Waals surface area contributed by atoms with Crippen molar-refractivity contribution in [1.82, 2.24) is 9.80 Å².